The van der Waals surface area contributed by atoms with Crippen LogP contribution in [0.3, 0.4) is 0 Å². The molecule has 0 saturated heterocycles. The first-order chi connectivity index (χ1) is 29.8. The van der Waals surface area contributed by atoms with E-state index in [2.05, 4.69) is 218 Å². The number of rotatable bonds is 6. The fourth-order valence-electron chi connectivity index (χ4n) is 10.6. The van der Waals surface area contributed by atoms with Gasteiger partial charge in [-0.1, -0.05) is 206 Å². The second-order valence-corrected chi connectivity index (χ2v) is 16.3. The van der Waals surface area contributed by atoms with Crippen LogP contribution in [0.25, 0.3) is 96.0 Å². The molecule has 0 fully saturated rings. The molecule has 0 nitrogen and oxygen atoms in total. The molecule has 276 valence electrons. The van der Waals surface area contributed by atoms with Crippen LogP contribution in [-0.4, -0.2) is 0 Å². The van der Waals surface area contributed by atoms with Gasteiger partial charge < -0.3 is 0 Å². The quantitative estimate of drug-likeness (QED) is 0.158. The number of allylic oxidation sites excluding steroid dienone is 5. The molecule has 0 saturated carbocycles. The van der Waals surface area contributed by atoms with Gasteiger partial charge in [0.25, 0.3) is 0 Å². The number of fused-ring (bicyclic) bond motifs is 3. The molecular weight excluding hydrogens is 721 g/mol. The highest BCUT2D eigenvalue weighted by Gasteiger charge is 2.42. The van der Waals surface area contributed by atoms with E-state index in [1.807, 2.05) is 0 Å². The van der Waals surface area contributed by atoms with Crippen molar-refractivity contribution in [3.63, 3.8) is 0 Å². The third-order valence-electron chi connectivity index (χ3n) is 13.1. The minimum absolute atomic E-state index is 1.21. The van der Waals surface area contributed by atoms with Gasteiger partial charge in [0.05, 0.1) is 0 Å². The maximum absolute atomic E-state index is 2.52. The molecule has 0 heterocycles. The van der Waals surface area contributed by atoms with E-state index in [4.69, 9.17) is 0 Å². The maximum atomic E-state index is 2.52. The molecule has 0 aliphatic heterocycles. The summed E-state index contributed by atoms with van der Waals surface area (Å²) in [6.07, 6.45) is 9.09. The van der Waals surface area contributed by atoms with Gasteiger partial charge in [-0.15, -0.1) is 0 Å². The van der Waals surface area contributed by atoms with Crippen LogP contribution >= 0.6 is 0 Å². The standard InChI is InChI=1S/C60H36/c1-5-15-37(16-6-1)49-35-51-52(36-50(49)38-17-7-2-8-18-38)59-58(48-34-32-44-30-28-42-24-14-26-46(48)54(42)44)55(39-19-9-3-10-20-39)56(40-21-11-4-12-22-40)60(59)57(51)47-33-31-43-29-27-41-23-13-25-45(47)53(41)43/h1-36H. The SMILES string of the molecule is C1=Cc2ccc(C3=C4C(=C(c5ccc6c7c(cccc57)C=C6)c5cc(-c6ccccc6)c(-c6ccccc6)cc54)C(c4ccccc4)=C3c3ccccc3)c3cccc1c23. The smallest absolute Gasteiger partial charge is 0.000115 e. The molecule has 9 aromatic rings. The zero-order chi connectivity index (χ0) is 39.3. The van der Waals surface area contributed by atoms with E-state index >= 15 is 0 Å². The molecule has 0 aromatic heterocycles. The van der Waals surface area contributed by atoms with Gasteiger partial charge in [-0.2, -0.15) is 0 Å². The van der Waals surface area contributed by atoms with Gasteiger partial charge in [0.1, 0.15) is 0 Å². The summed E-state index contributed by atoms with van der Waals surface area (Å²) < 4.78 is 0. The number of benzene rings is 9. The Balaban J connectivity index is 1.26. The van der Waals surface area contributed by atoms with Crippen LogP contribution in [-0.2, 0) is 0 Å². The van der Waals surface area contributed by atoms with Crippen molar-refractivity contribution in [3.05, 3.63) is 255 Å². The fraction of sp³-hybridized carbons (Fsp3) is 0. The van der Waals surface area contributed by atoms with E-state index in [1.165, 1.54) is 133 Å². The third kappa shape index (κ3) is 4.73. The first-order valence-electron chi connectivity index (χ1n) is 20.9. The molecule has 0 radical (unpaired) electrons. The lowest BCUT2D eigenvalue weighted by Gasteiger charge is -2.20. The van der Waals surface area contributed by atoms with Crippen LogP contribution in [0.4, 0.5) is 0 Å². The Bertz CT molecular complexity index is 3440. The molecule has 0 N–H and O–H groups in total. The Kier molecular flexibility index (Phi) is 7.11. The van der Waals surface area contributed by atoms with Crippen LogP contribution in [0.1, 0.15) is 55.6 Å². The van der Waals surface area contributed by atoms with Gasteiger partial charge in [0.2, 0.25) is 0 Å². The van der Waals surface area contributed by atoms with Crippen molar-refractivity contribution in [3.8, 4) is 22.3 Å². The van der Waals surface area contributed by atoms with Crippen LogP contribution in [0.15, 0.2) is 200 Å². The molecule has 9 aromatic carbocycles. The predicted octanol–water partition coefficient (Wildman–Crippen LogP) is 15.6. The van der Waals surface area contributed by atoms with E-state index in [-0.39, 0.29) is 0 Å². The fourth-order valence-corrected chi connectivity index (χ4v) is 10.6. The van der Waals surface area contributed by atoms with Crippen LogP contribution in [0.2, 0.25) is 0 Å². The second-order valence-electron chi connectivity index (χ2n) is 16.3. The molecule has 4 aliphatic carbocycles. The monoisotopic (exact) mass is 756 g/mol. The summed E-state index contributed by atoms with van der Waals surface area (Å²) in [4.78, 5) is 0. The molecule has 60 heavy (non-hydrogen) atoms. The molecule has 0 spiro atoms. The van der Waals surface area contributed by atoms with Crippen LogP contribution in [0, 0.1) is 0 Å². The van der Waals surface area contributed by atoms with E-state index in [0.29, 0.717) is 0 Å². The number of hydrogen-bond acceptors (Lipinski definition) is 0. The average molecular weight is 757 g/mol. The zero-order valence-electron chi connectivity index (χ0n) is 32.8. The largest absolute Gasteiger partial charge is 0.0622 e. The molecule has 0 amide bonds. The van der Waals surface area contributed by atoms with Crippen molar-refractivity contribution in [1.82, 2.24) is 0 Å². The summed E-state index contributed by atoms with van der Waals surface area (Å²) in [6, 6.07) is 72.4. The topological polar surface area (TPSA) is 0 Å². The van der Waals surface area contributed by atoms with Gasteiger partial charge in [-0.05, 0) is 145 Å². The average Bonchev–Trinajstić information content (AvgIpc) is 4.10. The predicted molar refractivity (Wildman–Crippen MR) is 256 cm³/mol. The molecule has 13 rings (SSSR count). The summed E-state index contributed by atoms with van der Waals surface area (Å²) in [6.45, 7) is 0. The summed E-state index contributed by atoms with van der Waals surface area (Å²) in [5, 5.41) is 5.24. The van der Waals surface area contributed by atoms with Gasteiger partial charge >= 0.3 is 0 Å². The van der Waals surface area contributed by atoms with Crippen molar-refractivity contribution in [2.45, 2.75) is 0 Å². The minimum Gasteiger partial charge on any atom is -0.0622 e. The van der Waals surface area contributed by atoms with E-state index in [9.17, 15) is 0 Å². The third-order valence-corrected chi connectivity index (χ3v) is 13.1. The molecule has 0 atom stereocenters. The van der Waals surface area contributed by atoms with E-state index in [1.54, 1.807) is 0 Å². The zero-order valence-corrected chi connectivity index (χ0v) is 32.8. The van der Waals surface area contributed by atoms with E-state index < -0.39 is 0 Å². The van der Waals surface area contributed by atoms with Gasteiger partial charge in [0.15, 0.2) is 0 Å². The van der Waals surface area contributed by atoms with Crippen molar-refractivity contribution in [1.29, 1.82) is 0 Å². The highest BCUT2D eigenvalue weighted by molar-refractivity contribution is 6.41. The lowest BCUT2D eigenvalue weighted by molar-refractivity contribution is 1.52. The van der Waals surface area contributed by atoms with Gasteiger partial charge in [-0.25, -0.2) is 0 Å². The van der Waals surface area contributed by atoms with Crippen molar-refractivity contribution < 1.29 is 0 Å². The molecule has 0 heteroatoms. The Labute approximate surface area is 349 Å². The lowest BCUT2D eigenvalue weighted by atomic mass is 9.82. The molecule has 4 aliphatic rings. The highest BCUT2D eigenvalue weighted by atomic mass is 14.4. The van der Waals surface area contributed by atoms with Crippen LogP contribution < -0.4 is 0 Å². The summed E-state index contributed by atoms with van der Waals surface area (Å²) in [7, 11) is 0. The first-order valence-corrected chi connectivity index (χ1v) is 20.9. The molecular formula is C60H36. The van der Waals surface area contributed by atoms with Crippen molar-refractivity contribution in [2.24, 2.45) is 0 Å². The van der Waals surface area contributed by atoms with Gasteiger partial charge in [-0.3, -0.25) is 0 Å². The van der Waals surface area contributed by atoms with Crippen LogP contribution in [0.5, 0.6) is 0 Å². The highest BCUT2D eigenvalue weighted by Crippen LogP contribution is 2.63. The first kappa shape index (κ1) is 33.2. The van der Waals surface area contributed by atoms with Gasteiger partial charge in [0, 0.05) is 0 Å². The second kappa shape index (κ2) is 12.9. The summed E-state index contributed by atoms with van der Waals surface area (Å²) >= 11 is 0. The Hall–Kier alpha value is -7.80. The molecule has 0 unspecified atom stereocenters. The maximum Gasteiger partial charge on any atom is -0.000115 e. The number of hydrogen-bond donors (Lipinski definition) is 0. The Morgan fingerprint density at radius 3 is 1.03 bits per heavy atom. The summed E-state index contributed by atoms with van der Waals surface area (Å²) in [5.74, 6) is 0. The lowest BCUT2D eigenvalue weighted by Crippen LogP contribution is -1.98. The minimum atomic E-state index is 1.21. The van der Waals surface area contributed by atoms with Crippen molar-refractivity contribution in [2.75, 3.05) is 0 Å². The Morgan fingerprint density at radius 2 is 0.567 bits per heavy atom. The summed E-state index contributed by atoms with van der Waals surface area (Å²) in [5.41, 5.74) is 25.3. The normalized spacial score (nSPS) is 14.3. The van der Waals surface area contributed by atoms with Crippen molar-refractivity contribution >= 4 is 73.7 Å². The Morgan fingerprint density at radius 1 is 0.200 bits per heavy atom. The van der Waals surface area contributed by atoms with E-state index in [0.717, 1.165) is 0 Å². The molecule has 0 bridgehead atoms.